The van der Waals surface area contributed by atoms with Gasteiger partial charge in [0.1, 0.15) is 0 Å². The molecule has 2 heteroatoms. The number of allylic oxidation sites excluding steroid dienone is 1. The molecule has 0 bridgehead atoms. The Morgan fingerprint density at radius 3 is 2.77 bits per heavy atom. The highest BCUT2D eigenvalue weighted by Gasteiger charge is 2.16. The van der Waals surface area contributed by atoms with Crippen LogP contribution >= 0.6 is 0 Å². The molecule has 0 saturated heterocycles. The third-order valence-electron chi connectivity index (χ3n) is 4.78. The maximum Gasteiger partial charge on any atom is 0.0708 e. The minimum absolute atomic E-state index is 0.571. The van der Waals surface area contributed by atoms with Crippen molar-refractivity contribution in [3.8, 4) is 0 Å². The van der Waals surface area contributed by atoms with Crippen LogP contribution in [-0.2, 0) is 6.42 Å². The summed E-state index contributed by atoms with van der Waals surface area (Å²) in [6, 6.07) is 9.59. The molecule has 1 heterocycles. The van der Waals surface area contributed by atoms with Gasteiger partial charge in [-0.25, -0.2) is 0 Å². The second-order valence-electron chi connectivity index (χ2n) is 6.62. The first-order valence-electron chi connectivity index (χ1n) is 8.36. The predicted octanol–water partition coefficient (Wildman–Crippen LogP) is 4.60. The summed E-state index contributed by atoms with van der Waals surface area (Å²) >= 11 is 0. The molecule has 0 saturated carbocycles. The van der Waals surface area contributed by atoms with Crippen LogP contribution in [0.15, 0.2) is 30.3 Å². The Morgan fingerprint density at radius 1 is 1.23 bits per heavy atom. The number of hydrogen-bond donors (Lipinski definition) is 0. The molecule has 0 spiro atoms. The van der Waals surface area contributed by atoms with Crippen molar-refractivity contribution >= 4 is 16.5 Å². The van der Waals surface area contributed by atoms with Gasteiger partial charge in [0.2, 0.25) is 0 Å². The molecule has 2 nitrogen and oxygen atoms in total. The minimum atomic E-state index is 0.571. The lowest BCUT2D eigenvalue weighted by Crippen LogP contribution is -2.27. The Morgan fingerprint density at radius 2 is 2.05 bits per heavy atom. The first-order valence-corrected chi connectivity index (χ1v) is 8.36. The number of aryl methyl sites for hydroxylation is 2. The van der Waals surface area contributed by atoms with Gasteiger partial charge in [0.05, 0.1) is 5.52 Å². The van der Waals surface area contributed by atoms with Crippen molar-refractivity contribution in [2.45, 2.75) is 45.6 Å². The molecule has 0 radical (unpaired) electrons. The monoisotopic (exact) mass is 294 g/mol. The third kappa shape index (κ3) is 2.93. The van der Waals surface area contributed by atoms with Crippen molar-refractivity contribution in [1.82, 2.24) is 9.88 Å². The normalized spacial score (nSPS) is 18.8. The van der Waals surface area contributed by atoms with Crippen LogP contribution in [0.1, 0.15) is 43.0 Å². The van der Waals surface area contributed by atoms with E-state index in [1.165, 1.54) is 41.3 Å². The molecule has 1 atom stereocenters. The fourth-order valence-corrected chi connectivity index (χ4v) is 3.48. The van der Waals surface area contributed by atoms with Crippen LogP contribution in [0.25, 0.3) is 16.5 Å². The molecule has 0 aliphatic heterocycles. The smallest absolute Gasteiger partial charge is 0.0708 e. The summed E-state index contributed by atoms with van der Waals surface area (Å²) in [5, 5.41) is 1.32. The number of nitrogens with zero attached hydrogens (tertiary/aromatic N) is 2. The largest absolute Gasteiger partial charge is 0.303 e. The lowest BCUT2D eigenvalue weighted by atomic mass is 9.89. The molecule has 1 aromatic carbocycles. The molecule has 116 valence electrons. The summed E-state index contributed by atoms with van der Waals surface area (Å²) in [7, 11) is 4.35. The van der Waals surface area contributed by atoms with Crippen LogP contribution in [0.3, 0.4) is 0 Å². The van der Waals surface area contributed by atoms with Crippen molar-refractivity contribution < 1.29 is 0 Å². The Labute approximate surface area is 133 Å². The molecule has 1 aliphatic rings. The van der Waals surface area contributed by atoms with Gasteiger partial charge in [0.15, 0.2) is 0 Å². The van der Waals surface area contributed by atoms with E-state index in [1.54, 1.807) is 0 Å². The summed E-state index contributed by atoms with van der Waals surface area (Å²) in [5.74, 6) is 0. The van der Waals surface area contributed by atoms with E-state index in [4.69, 9.17) is 0 Å². The molecular weight excluding hydrogens is 268 g/mol. The highest BCUT2D eigenvalue weighted by molar-refractivity contribution is 5.86. The van der Waals surface area contributed by atoms with Crippen molar-refractivity contribution in [1.29, 1.82) is 0 Å². The summed E-state index contributed by atoms with van der Waals surface area (Å²) in [6.45, 7) is 4.31. The molecule has 1 unspecified atom stereocenters. The number of benzene rings is 1. The molecule has 0 fully saturated rings. The van der Waals surface area contributed by atoms with Crippen molar-refractivity contribution in [2.24, 2.45) is 0 Å². The van der Waals surface area contributed by atoms with E-state index in [0.29, 0.717) is 6.04 Å². The molecule has 3 rings (SSSR count). The van der Waals surface area contributed by atoms with E-state index in [9.17, 15) is 0 Å². The number of pyridine rings is 1. The van der Waals surface area contributed by atoms with Crippen LogP contribution in [0.4, 0.5) is 0 Å². The summed E-state index contributed by atoms with van der Waals surface area (Å²) in [6.07, 6.45) is 7.25. The average molecular weight is 294 g/mol. The first kappa shape index (κ1) is 15.2. The number of hydrogen-bond acceptors (Lipinski definition) is 2. The number of fused-ring (bicyclic) bond motifs is 1. The van der Waals surface area contributed by atoms with Gasteiger partial charge in [-0.15, -0.1) is 0 Å². The van der Waals surface area contributed by atoms with E-state index < -0.39 is 0 Å². The average Bonchev–Trinajstić information content (AvgIpc) is 2.53. The van der Waals surface area contributed by atoms with Crippen LogP contribution in [0.2, 0.25) is 0 Å². The van der Waals surface area contributed by atoms with Gasteiger partial charge in [-0.1, -0.05) is 19.1 Å². The molecular formula is C20H26N2. The van der Waals surface area contributed by atoms with E-state index in [0.717, 1.165) is 17.6 Å². The summed E-state index contributed by atoms with van der Waals surface area (Å²) < 4.78 is 0. The summed E-state index contributed by atoms with van der Waals surface area (Å²) in [4.78, 5) is 7.01. The molecule has 1 aromatic heterocycles. The maximum atomic E-state index is 4.69. The van der Waals surface area contributed by atoms with Crippen LogP contribution in [-0.4, -0.2) is 30.0 Å². The maximum absolute atomic E-state index is 4.69. The van der Waals surface area contributed by atoms with Gasteiger partial charge in [-0.05, 0) is 81.6 Å². The fourth-order valence-electron chi connectivity index (χ4n) is 3.48. The second kappa shape index (κ2) is 6.21. The molecule has 0 amide bonds. The van der Waals surface area contributed by atoms with E-state index in [2.05, 4.69) is 68.2 Å². The van der Waals surface area contributed by atoms with Gasteiger partial charge in [0.25, 0.3) is 0 Å². The standard InChI is InChI=1S/C20H26N2/c1-5-15-11-14(2)21-20-10-9-17(13-19(15)20)16-7-6-8-18(12-16)22(3)4/h9-13,18H,5-8H2,1-4H3. The van der Waals surface area contributed by atoms with Crippen molar-refractivity contribution in [3.05, 3.63) is 47.2 Å². The number of aromatic nitrogens is 1. The Hall–Kier alpha value is -1.67. The van der Waals surface area contributed by atoms with Crippen molar-refractivity contribution in [2.75, 3.05) is 14.1 Å². The van der Waals surface area contributed by atoms with Gasteiger partial charge >= 0.3 is 0 Å². The van der Waals surface area contributed by atoms with Crippen LogP contribution < -0.4 is 0 Å². The van der Waals surface area contributed by atoms with E-state index in [-0.39, 0.29) is 0 Å². The number of rotatable bonds is 3. The molecule has 0 N–H and O–H groups in total. The lowest BCUT2D eigenvalue weighted by Gasteiger charge is -2.27. The topological polar surface area (TPSA) is 16.1 Å². The zero-order chi connectivity index (χ0) is 15.7. The van der Waals surface area contributed by atoms with Gasteiger partial charge in [0, 0.05) is 17.1 Å². The SMILES string of the molecule is CCc1cc(C)nc2ccc(C3=CC(N(C)C)CCC3)cc12. The highest BCUT2D eigenvalue weighted by Crippen LogP contribution is 2.31. The molecule has 1 aliphatic carbocycles. The van der Waals surface area contributed by atoms with Gasteiger partial charge < -0.3 is 4.90 Å². The Kier molecular flexibility index (Phi) is 4.30. The van der Waals surface area contributed by atoms with Crippen molar-refractivity contribution in [3.63, 3.8) is 0 Å². The zero-order valence-corrected chi connectivity index (χ0v) is 14.2. The molecule has 2 aromatic rings. The minimum Gasteiger partial charge on any atom is -0.303 e. The third-order valence-corrected chi connectivity index (χ3v) is 4.78. The van der Waals surface area contributed by atoms with Crippen LogP contribution in [0, 0.1) is 6.92 Å². The number of likely N-dealkylation sites (N-methyl/N-ethyl adjacent to an activating group) is 1. The predicted molar refractivity (Wildman–Crippen MR) is 95.2 cm³/mol. The van der Waals surface area contributed by atoms with Gasteiger partial charge in [-0.3, -0.25) is 4.98 Å². The van der Waals surface area contributed by atoms with Crippen LogP contribution in [0.5, 0.6) is 0 Å². The van der Waals surface area contributed by atoms with E-state index in [1.807, 2.05) is 0 Å². The second-order valence-corrected chi connectivity index (χ2v) is 6.62. The van der Waals surface area contributed by atoms with Gasteiger partial charge in [-0.2, -0.15) is 0 Å². The fraction of sp³-hybridized carbons (Fsp3) is 0.450. The summed E-state index contributed by atoms with van der Waals surface area (Å²) in [5.41, 5.74) is 6.52. The quantitative estimate of drug-likeness (QED) is 0.822. The first-order chi connectivity index (χ1) is 10.6. The Balaban J connectivity index is 2.07. The molecule has 22 heavy (non-hydrogen) atoms. The highest BCUT2D eigenvalue weighted by atomic mass is 15.1. The zero-order valence-electron chi connectivity index (χ0n) is 14.2. The van der Waals surface area contributed by atoms with E-state index >= 15 is 0 Å². The lowest BCUT2D eigenvalue weighted by molar-refractivity contribution is 0.318. The Bertz CT molecular complexity index is 713.